The molecule has 118 valence electrons. The fourth-order valence-corrected chi connectivity index (χ4v) is 1.92. The van der Waals surface area contributed by atoms with Gasteiger partial charge in [0, 0.05) is 18.4 Å². The highest BCUT2D eigenvalue weighted by Gasteiger charge is 2.12. The van der Waals surface area contributed by atoms with Crippen molar-refractivity contribution in [3.05, 3.63) is 66.5 Å². The zero-order valence-electron chi connectivity index (χ0n) is 12.7. The van der Waals surface area contributed by atoms with Crippen LogP contribution in [-0.2, 0) is 4.74 Å². The van der Waals surface area contributed by atoms with Crippen molar-refractivity contribution >= 4 is 23.3 Å². The Bertz CT molecular complexity index is 729. The first-order valence-electron chi connectivity index (χ1n) is 6.95. The zero-order chi connectivity index (χ0) is 16.7. The lowest BCUT2D eigenvalue weighted by molar-refractivity contribution is 0.0601. The van der Waals surface area contributed by atoms with Crippen molar-refractivity contribution in [1.82, 2.24) is 10.3 Å². The molecule has 0 aliphatic heterocycles. The fourth-order valence-electron chi connectivity index (χ4n) is 1.92. The predicted molar refractivity (Wildman–Crippen MR) is 87.8 cm³/mol. The molecule has 1 amide bonds. The van der Waals surface area contributed by atoms with Crippen LogP contribution in [0, 0.1) is 0 Å². The van der Waals surface area contributed by atoms with Gasteiger partial charge >= 0.3 is 5.97 Å². The molecule has 1 aromatic carbocycles. The third-order valence-corrected chi connectivity index (χ3v) is 3.01. The van der Waals surface area contributed by atoms with Crippen LogP contribution >= 0.6 is 0 Å². The van der Waals surface area contributed by atoms with Gasteiger partial charge in [0.2, 0.25) is 0 Å². The van der Waals surface area contributed by atoms with Crippen molar-refractivity contribution < 1.29 is 14.3 Å². The average Bonchev–Trinajstić information content (AvgIpc) is 2.59. The van der Waals surface area contributed by atoms with E-state index in [1.54, 1.807) is 42.5 Å². The molecule has 23 heavy (non-hydrogen) atoms. The van der Waals surface area contributed by atoms with E-state index < -0.39 is 5.97 Å². The molecule has 1 aromatic heterocycles. The fraction of sp³-hybridized carbons (Fsp3) is 0.118. The highest BCUT2D eigenvalue weighted by atomic mass is 16.5. The molecular formula is C17H17N3O3. The highest BCUT2D eigenvalue weighted by molar-refractivity contribution is 5.97. The van der Waals surface area contributed by atoms with Crippen LogP contribution in [0.1, 0.15) is 20.8 Å². The Hall–Kier alpha value is -3.15. The number of hydrogen-bond donors (Lipinski definition) is 2. The molecule has 6 heteroatoms. The highest BCUT2D eigenvalue weighted by Crippen LogP contribution is 2.21. The summed E-state index contributed by atoms with van der Waals surface area (Å²) in [7, 11) is 1.33. The van der Waals surface area contributed by atoms with E-state index in [9.17, 15) is 9.59 Å². The number of carbonyl (C=O) groups excluding carboxylic acids is 2. The summed E-state index contributed by atoms with van der Waals surface area (Å²) in [5, 5.41) is 5.76. The molecule has 0 spiro atoms. The normalized spacial score (nSPS) is 9.78. The number of benzene rings is 1. The molecule has 2 rings (SSSR count). The largest absolute Gasteiger partial charge is 0.465 e. The maximum atomic E-state index is 11.9. The summed E-state index contributed by atoms with van der Waals surface area (Å²) in [5.74, 6) is -0.735. The van der Waals surface area contributed by atoms with Crippen molar-refractivity contribution in [2.24, 2.45) is 0 Å². The van der Waals surface area contributed by atoms with Crippen molar-refractivity contribution in [3.63, 3.8) is 0 Å². The number of carbonyl (C=O) groups is 2. The summed E-state index contributed by atoms with van der Waals surface area (Å²) in [6, 6.07) is 10.3. The quantitative estimate of drug-likeness (QED) is 0.633. The van der Waals surface area contributed by atoms with Crippen molar-refractivity contribution in [3.8, 4) is 0 Å². The third kappa shape index (κ3) is 4.16. The molecule has 2 N–H and O–H groups in total. The Balaban J connectivity index is 2.23. The maximum Gasteiger partial charge on any atom is 0.339 e. The van der Waals surface area contributed by atoms with Gasteiger partial charge in [-0.15, -0.1) is 6.58 Å². The van der Waals surface area contributed by atoms with Crippen LogP contribution in [-0.4, -0.2) is 30.5 Å². The van der Waals surface area contributed by atoms with Gasteiger partial charge in [0.15, 0.2) is 0 Å². The number of pyridine rings is 1. The zero-order valence-corrected chi connectivity index (χ0v) is 12.7. The van der Waals surface area contributed by atoms with E-state index in [2.05, 4.69) is 22.2 Å². The third-order valence-electron chi connectivity index (χ3n) is 3.01. The van der Waals surface area contributed by atoms with Crippen LogP contribution in [0.4, 0.5) is 11.4 Å². The molecule has 0 aliphatic rings. The summed E-state index contributed by atoms with van der Waals surface area (Å²) < 4.78 is 4.76. The first-order chi connectivity index (χ1) is 11.2. The summed E-state index contributed by atoms with van der Waals surface area (Å²) in [4.78, 5) is 27.7. The molecular weight excluding hydrogens is 294 g/mol. The number of methoxy groups -OCH3 is 1. The van der Waals surface area contributed by atoms with Gasteiger partial charge in [-0.25, -0.2) is 4.79 Å². The molecule has 0 bridgehead atoms. The molecule has 1 heterocycles. The van der Waals surface area contributed by atoms with Crippen molar-refractivity contribution in [2.75, 3.05) is 19.0 Å². The van der Waals surface area contributed by atoms with Crippen LogP contribution in [0.15, 0.2) is 55.3 Å². The SMILES string of the molecule is C=CCNC(=O)c1cc(Nc2ccccc2C(=O)OC)ccn1. The number of hydrogen-bond acceptors (Lipinski definition) is 5. The molecule has 6 nitrogen and oxygen atoms in total. The molecule has 0 radical (unpaired) electrons. The first-order valence-corrected chi connectivity index (χ1v) is 6.95. The predicted octanol–water partition coefficient (Wildman–Crippen LogP) is 2.53. The van der Waals surface area contributed by atoms with Crippen molar-refractivity contribution in [1.29, 1.82) is 0 Å². The first kappa shape index (κ1) is 16.2. The van der Waals surface area contributed by atoms with Gasteiger partial charge in [0.25, 0.3) is 5.91 Å². The van der Waals surface area contributed by atoms with Gasteiger partial charge in [-0.3, -0.25) is 9.78 Å². The van der Waals surface area contributed by atoms with Gasteiger partial charge in [-0.2, -0.15) is 0 Å². The second kappa shape index (κ2) is 7.74. The van der Waals surface area contributed by atoms with E-state index in [4.69, 9.17) is 4.74 Å². The summed E-state index contributed by atoms with van der Waals surface area (Å²) in [6.45, 7) is 3.91. The van der Waals surface area contributed by atoms with Gasteiger partial charge < -0.3 is 15.4 Å². The lowest BCUT2D eigenvalue weighted by Gasteiger charge is -2.11. The summed E-state index contributed by atoms with van der Waals surface area (Å²) >= 11 is 0. The van der Waals surface area contributed by atoms with E-state index in [0.717, 1.165) is 0 Å². The molecule has 0 atom stereocenters. The number of anilines is 2. The molecule has 0 unspecified atom stereocenters. The number of nitrogens with one attached hydrogen (secondary N) is 2. The monoisotopic (exact) mass is 311 g/mol. The number of amides is 1. The number of aromatic nitrogens is 1. The van der Waals surface area contributed by atoms with Gasteiger partial charge in [0.05, 0.1) is 18.4 Å². The number of rotatable bonds is 6. The Labute approximate surface area is 134 Å². The minimum Gasteiger partial charge on any atom is -0.465 e. The average molecular weight is 311 g/mol. The molecule has 0 fully saturated rings. The smallest absolute Gasteiger partial charge is 0.339 e. The maximum absolute atomic E-state index is 11.9. The number of esters is 1. The van der Waals surface area contributed by atoms with Gasteiger partial charge in [0.1, 0.15) is 5.69 Å². The van der Waals surface area contributed by atoms with Crippen molar-refractivity contribution in [2.45, 2.75) is 0 Å². The Kier molecular flexibility index (Phi) is 5.46. The topological polar surface area (TPSA) is 80.3 Å². The van der Waals surface area contributed by atoms with E-state index in [0.29, 0.717) is 23.5 Å². The van der Waals surface area contributed by atoms with Gasteiger partial charge in [-0.1, -0.05) is 18.2 Å². The number of nitrogens with zero attached hydrogens (tertiary/aromatic N) is 1. The number of para-hydroxylation sites is 1. The van der Waals surface area contributed by atoms with Gasteiger partial charge in [-0.05, 0) is 24.3 Å². The summed E-state index contributed by atoms with van der Waals surface area (Å²) in [5.41, 5.74) is 1.90. The van der Waals surface area contributed by atoms with E-state index in [-0.39, 0.29) is 11.6 Å². The Morgan fingerprint density at radius 1 is 1.30 bits per heavy atom. The second-order valence-corrected chi connectivity index (χ2v) is 4.59. The Morgan fingerprint density at radius 2 is 2.09 bits per heavy atom. The minimum absolute atomic E-state index is 0.271. The van der Waals surface area contributed by atoms with Crippen LogP contribution in [0.25, 0.3) is 0 Å². The lowest BCUT2D eigenvalue weighted by Crippen LogP contribution is -2.24. The van der Waals surface area contributed by atoms with E-state index in [1.807, 2.05) is 0 Å². The Morgan fingerprint density at radius 3 is 2.83 bits per heavy atom. The standard InChI is InChI=1S/C17H17N3O3/c1-3-9-19-16(21)15-11-12(8-10-18-15)20-14-7-5-4-6-13(14)17(22)23-2/h3-8,10-11H,1,9H2,2H3,(H,18,20)(H,19,21). The number of ether oxygens (including phenoxy) is 1. The molecule has 0 aliphatic carbocycles. The molecule has 0 saturated heterocycles. The van der Waals surface area contributed by atoms with Crippen LogP contribution in [0.3, 0.4) is 0 Å². The van der Waals surface area contributed by atoms with E-state index in [1.165, 1.54) is 13.3 Å². The van der Waals surface area contributed by atoms with Crippen LogP contribution in [0.2, 0.25) is 0 Å². The summed E-state index contributed by atoms with van der Waals surface area (Å²) in [6.07, 6.45) is 3.11. The molecule has 2 aromatic rings. The minimum atomic E-state index is -0.439. The van der Waals surface area contributed by atoms with Crippen LogP contribution in [0.5, 0.6) is 0 Å². The molecule has 0 saturated carbocycles. The van der Waals surface area contributed by atoms with Crippen LogP contribution < -0.4 is 10.6 Å². The second-order valence-electron chi connectivity index (χ2n) is 4.59. The van der Waals surface area contributed by atoms with E-state index >= 15 is 0 Å². The lowest BCUT2D eigenvalue weighted by atomic mass is 10.1.